The van der Waals surface area contributed by atoms with Crippen LogP contribution in [0.15, 0.2) is 24.3 Å². The molecule has 3 rings (SSSR count). The summed E-state index contributed by atoms with van der Waals surface area (Å²) in [5.74, 6) is 0.0988. The molecule has 5 heteroatoms. The molecule has 0 spiro atoms. The molecular weight excluding hydrogens is 304 g/mol. The summed E-state index contributed by atoms with van der Waals surface area (Å²) in [4.78, 5) is 23.8. The average Bonchev–Trinajstić information content (AvgIpc) is 2.95. The van der Waals surface area contributed by atoms with E-state index in [0.717, 1.165) is 35.4 Å². The summed E-state index contributed by atoms with van der Waals surface area (Å²) in [5, 5.41) is 4.71. The van der Waals surface area contributed by atoms with Crippen LogP contribution < -0.4 is 0 Å². The Hall–Kier alpha value is -2.43. The Morgan fingerprint density at radius 1 is 1.25 bits per heavy atom. The predicted octanol–water partition coefficient (Wildman–Crippen LogP) is 3.36. The van der Waals surface area contributed by atoms with Crippen LogP contribution in [-0.4, -0.2) is 28.6 Å². The van der Waals surface area contributed by atoms with Gasteiger partial charge in [-0.3, -0.25) is 9.48 Å². The molecule has 5 nitrogen and oxygen atoms in total. The average molecular weight is 326 g/mol. The molecule has 1 aliphatic rings. The zero-order chi connectivity index (χ0) is 17.3. The Morgan fingerprint density at radius 2 is 1.96 bits per heavy atom. The van der Waals surface area contributed by atoms with Crippen molar-refractivity contribution in [2.24, 2.45) is 0 Å². The van der Waals surface area contributed by atoms with Crippen molar-refractivity contribution in [3.05, 3.63) is 52.3 Å². The van der Waals surface area contributed by atoms with Crippen molar-refractivity contribution >= 4 is 11.8 Å². The van der Waals surface area contributed by atoms with Crippen molar-refractivity contribution in [2.45, 2.75) is 45.6 Å². The van der Waals surface area contributed by atoms with Gasteiger partial charge < -0.3 is 4.74 Å². The fourth-order valence-corrected chi connectivity index (χ4v) is 3.19. The van der Waals surface area contributed by atoms with Crippen LogP contribution >= 0.6 is 0 Å². The lowest BCUT2D eigenvalue weighted by Crippen LogP contribution is -2.15. The second-order valence-corrected chi connectivity index (χ2v) is 6.48. The van der Waals surface area contributed by atoms with Gasteiger partial charge in [-0.25, -0.2) is 4.79 Å². The molecule has 0 fully saturated rings. The maximum atomic E-state index is 12.3. The minimum atomic E-state index is -0.342. The minimum Gasteiger partial charge on any atom is -0.465 e. The van der Waals surface area contributed by atoms with Gasteiger partial charge >= 0.3 is 5.97 Å². The third-order valence-corrected chi connectivity index (χ3v) is 4.44. The van der Waals surface area contributed by atoms with Gasteiger partial charge in [-0.05, 0) is 36.5 Å². The van der Waals surface area contributed by atoms with Crippen LogP contribution in [0.2, 0.25) is 0 Å². The zero-order valence-corrected chi connectivity index (χ0v) is 14.3. The topological polar surface area (TPSA) is 61.2 Å². The second kappa shape index (κ2) is 6.59. The number of methoxy groups -OCH3 is 1. The first kappa shape index (κ1) is 16.4. The number of nitrogens with zero attached hydrogens (tertiary/aromatic N) is 2. The van der Waals surface area contributed by atoms with Crippen LogP contribution in [0.25, 0.3) is 0 Å². The first-order chi connectivity index (χ1) is 11.5. The first-order valence-electron chi connectivity index (χ1n) is 8.31. The summed E-state index contributed by atoms with van der Waals surface area (Å²) >= 11 is 0. The molecule has 0 aliphatic heterocycles. The van der Waals surface area contributed by atoms with E-state index in [9.17, 15) is 9.59 Å². The molecule has 1 aromatic heterocycles. The zero-order valence-electron chi connectivity index (χ0n) is 14.3. The number of esters is 1. The van der Waals surface area contributed by atoms with Gasteiger partial charge in [0.2, 0.25) is 0 Å². The largest absolute Gasteiger partial charge is 0.465 e. The summed E-state index contributed by atoms with van der Waals surface area (Å²) < 4.78 is 6.67. The Morgan fingerprint density at radius 3 is 2.58 bits per heavy atom. The first-order valence-corrected chi connectivity index (χ1v) is 8.31. The second-order valence-electron chi connectivity index (χ2n) is 6.48. The lowest BCUT2D eigenvalue weighted by Gasteiger charge is -2.14. The maximum Gasteiger partial charge on any atom is 0.337 e. The van der Waals surface area contributed by atoms with Crippen LogP contribution in [0.4, 0.5) is 0 Å². The summed E-state index contributed by atoms with van der Waals surface area (Å²) in [6.45, 7) is 4.74. The van der Waals surface area contributed by atoms with Gasteiger partial charge in [0.1, 0.15) is 0 Å². The van der Waals surface area contributed by atoms with E-state index in [1.54, 1.807) is 12.1 Å². The summed E-state index contributed by atoms with van der Waals surface area (Å²) in [7, 11) is 1.37. The van der Waals surface area contributed by atoms with Crippen molar-refractivity contribution in [1.29, 1.82) is 0 Å². The van der Waals surface area contributed by atoms with Gasteiger partial charge in [0.25, 0.3) is 0 Å². The Bertz CT molecular complexity index is 773. The van der Waals surface area contributed by atoms with Gasteiger partial charge in [0.15, 0.2) is 5.78 Å². The number of Topliss-reactive ketones (excluding diaryl/α,β-unsaturated/α-hetero) is 1. The molecule has 0 N–H and O–H groups in total. The Balaban J connectivity index is 1.92. The van der Waals surface area contributed by atoms with E-state index >= 15 is 0 Å². The number of ketones is 1. The van der Waals surface area contributed by atoms with Crippen LogP contribution in [0.1, 0.15) is 70.3 Å². The third-order valence-electron chi connectivity index (χ3n) is 4.44. The van der Waals surface area contributed by atoms with Crippen molar-refractivity contribution < 1.29 is 14.3 Å². The highest BCUT2D eigenvalue weighted by Crippen LogP contribution is 2.29. The molecule has 0 saturated heterocycles. The van der Waals surface area contributed by atoms with Crippen LogP contribution in [0.3, 0.4) is 0 Å². The number of ether oxygens (including phenoxy) is 1. The lowest BCUT2D eigenvalue weighted by atomic mass is 9.91. The number of rotatable bonds is 4. The van der Waals surface area contributed by atoms with Crippen molar-refractivity contribution in [2.75, 3.05) is 7.11 Å². The number of aromatic nitrogens is 2. The Kier molecular flexibility index (Phi) is 4.51. The number of fused-ring (bicyclic) bond motifs is 1. The molecule has 1 aromatic carbocycles. The molecule has 2 aromatic rings. The molecule has 0 unspecified atom stereocenters. The van der Waals surface area contributed by atoms with Crippen molar-refractivity contribution in [3.8, 4) is 0 Å². The molecule has 0 atom stereocenters. The van der Waals surface area contributed by atoms with Gasteiger partial charge in [0.05, 0.1) is 30.5 Å². The van der Waals surface area contributed by atoms with E-state index < -0.39 is 0 Å². The summed E-state index contributed by atoms with van der Waals surface area (Å²) in [6, 6.07) is 7.32. The van der Waals surface area contributed by atoms with Gasteiger partial charge in [-0.2, -0.15) is 5.10 Å². The van der Waals surface area contributed by atoms with E-state index in [-0.39, 0.29) is 17.7 Å². The molecule has 1 aliphatic carbocycles. The Labute approximate surface area is 141 Å². The normalized spacial score (nSPS) is 13.9. The summed E-state index contributed by atoms with van der Waals surface area (Å²) in [6.07, 6.45) is 2.39. The monoisotopic (exact) mass is 326 g/mol. The number of carbonyl (C=O) groups is 2. The van der Waals surface area contributed by atoms with E-state index in [1.807, 2.05) is 16.8 Å². The van der Waals surface area contributed by atoms with E-state index in [0.29, 0.717) is 18.5 Å². The predicted molar refractivity (Wildman–Crippen MR) is 90.5 cm³/mol. The van der Waals surface area contributed by atoms with Gasteiger partial charge in [-0.1, -0.05) is 26.0 Å². The molecular formula is C19H22N2O3. The van der Waals surface area contributed by atoms with E-state index in [1.165, 1.54) is 7.11 Å². The molecule has 24 heavy (non-hydrogen) atoms. The standard InChI is InChI=1S/C19H22N2O3/c1-12(2)18-17-15(5-4-6-16(17)22)21(20-18)11-13-7-9-14(10-8-13)19(23)24-3/h7-10,12H,4-6,11H2,1-3H3. The van der Waals surface area contributed by atoms with E-state index in [2.05, 4.69) is 13.8 Å². The minimum absolute atomic E-state index is 0.215. The number of hydrogen-bond acceptors (Lipinski definition) is 4. The molecule has 126 valence electrons. The number of carbonyl (C=O) groups excluding carboxylic acids is 2. The summed E-state index contributed by atoms with van der Waals surface area (Å²) in [5.41, 5.74) is 4.36. The fourth-order valence-electron chi connectivity index (χ4n) is 3.19. The van der Waals surface area contributed by atoms with Crippen molar-refractivity contribution in [1.82, 2.24) is 9.78 Å². The number of hydrogen-bond donors (Lipinski definition) is 0. The van der Waals surface area contributed by atoms with Crippen LogP contribution in [0, 0.1) is 0 Å². The quantitative estimate of drug-likeness (QED) is 0.808. The van der Waals surface area contributed by atoms with Crippen LogP contribution in [0.5, 0.6) is 0 Å². The highest BCUT2D eigenvalue weighted by molar-refractivity contribution is 5.99. The van der Waals surface area contributed by atoms with Crippen LogP contribution in [-0.2, 0) is 17.7 Å². The maximum absolute atomic E-state index is 12.3. The highest BCUT2D eigenvalue weighted by atomic mass is 16.5. The molecule has 1 heterocycles. The third kappa shape index (κ3) is 2.98. The molecule has 0 bridgehead atoms. The molecule has 0 saturated carbocycles. The number of benzene rings is 1. The highest BCUT2D eigenvalue weighted by Gasteiger charge is 2.28. The van der Waals surface area contributed by atoms with Gasteiger partial charge in [0, 0.05) is 12.1 Å². The SMILES string of the molecule is COC(=O)c1ccc(Cn2nc(C(C)C)c3c2CCCC3=O)cc1. The lowest BCUT2D eigenvalue weighted by molar-refractivity contribution is 0.0600. The molecule has 0 amide bonds. The smallest absolute Gasteiger partial charge is 0.337 e. The fraction of sp³-hybridized carbons (Fsp3) is 0.421. The van der Waals surface area contributed by atoms with Crippen molar-refractivity contribution in [3.63, 3.8) is 0 Å². The van der Waals surface area contributed by atoms with Gasteiger partial charge in [-0.15, -0.1) is 0 Å². The molecule has 0 radical (unpaired) electrons. The van der Waals surface area contributed by atoms with E-state index in [4.69, 9.17) is 9.84 Å².